The van der Waals surface area contributed by atoms with Gasteiger partial charge in [-0.3, -0.25) is 4.79 Å². The number of methoxy groups -OCH3 is 1. The van der Waals surface area contributed by atoms with Gasteiger partial charge < -0.3 is 25.3 Å². The van der Waals surface area contributed by atoms with E-state index in [-0.39, 0.29) is 11.8 Å². The Balaban J connectivity index is 2.80. The summed E-state index contributed by atoms with van der Waals surface area (Å²) >= 11 is 0. The van der Waals surface area contributed by atoms with Crippen LogP contribution in [0.1, 0.15) is 39.2 Å². The summed E-state index contributed by atoms with van der Waals surface area (Å²) in [5.74, 6) is -2.50. The Bertz CT molecular complexity index is 625. The van der Waals surface area contributed by atoms with Crippen LogP contribution in [0.2, 0.25) is 0 Å². The summed E-state index contributed by atoms with van der Waals surface area (Å²) in [5.41, 5.74) is 0.891. The summed E-state index contributed by atoms with van der Waals surface area (Å²) in [6.07, 6.45) is 0.531. The molecule has 7 heteroatoms. The first-order chi connectivity index (χ1) is 12.6. The van der Waals surface area contributed by atoms with Crippen LogP contribution in [-0.2, 0) is 25.5 Å². The molecule has 0 saturated heterocycles. The fourth-order valence-electron chi connectivity index (χ4n) is 2.50. The fraction of sp³-hybridized carbons (Fsp3) is 0.550. The summed E-state index contributed by atoms with van der Waals surface area (Å²) in [6, 6.07) is 7.30. The highest BCUT2D eigenvalue weighted by molar-refractivity contribution is 5.89. The van der Waals surface area contributed by atoms with Crippen LogP contribution >= 0.6 is 0 Å². The highest BCUT2D eigenvalue weighted by Gasteiger charge is 2.26. The number of aliphatic carboxylic acids is 1. The lowest BCUT2D eigenvalue weighted by atomic mass is 9.92. The third-order valence-corrected chi connectivity index (χ3v) is 4.04. The Morgan fingerprint density at radius 2 is 1.74 bits per heavy atom. The van der Waals surface area contributed by atoms with E-state index in [1.165, 1.54) is 7.11 Å². The molecule has 0 radical (unpaired) electrons. The Morgan fingerprint density at radius 3 is 2.26 bits per heavy atom. The van der Waals surface area contributed by atoms with Crippen molar-refractivity contribution in [1.29, 1.82) is 0 Å². The van der Waals surface area contributed by atoms with Crippen molar-refractivity contribution >= 4 is 17.8 Å². The number of amides is 1. The maximum atomic E-state index is 12.6. The number of hydrogen-bond acceptors (Lipinski definition) is 6. The molecule has 0 saturated carbocycles. The Hall–Kier alpha value is -2.41. The molecule has 1 aromatic carbocycles. The summed E-state index contributed by atoms with van der Waals surface area (Å²) in [6.45, 7) is 6.62. The molecular formula is C20H29N2O5-. The normalized spacial score (nSPS) is 13.5. The molecule has 2 atom stereocenters. The van der Waals surface area contributed by atoms with Crippen LogP contribution in [0.4, 0.5) is 0 Å². The molecule has 7 nitrogen and oxygen atoms in total. The quantitative estimate of drug-likeness (QED) is 0.572. The summed E-state index contributed by atoms with van der Waals surface area (Å²) in [5, 5.41) is 16.6. The van der Waals surface area contributed by atoms with Crippen LogP contribution in [0.5, 0.6) is 0 Å². The highest BCUT2D eigenvalue weighted by Crippen LogP contribution is 2.17. The second kappa shape index (κ2) is 10.7. The number of nitrogens with one attached hydrogen (secondary N) is 2. The number of carboxylic acids is 1. The molecule has 1 aromatic rings. The molecule has 0 unspecified atom stereocenters. The van der Waals surface area contributed by atoms with Gasteiger partial charge in [0.25, 0.3) is 0 Å². The molecular weight excluding hydrogens is 348 g/mol. The van der Waals surface area contributed by atoms with Crippen molar-refractivity contribution in [1.82, 2.24) is 10.6 Å². The first-order valence-electron chi connectivity index (χ1n) is 8.97. The van der Waals surface area contributed by atoms with Gasteiger partial charge in [-0.05, 0) is 23.9 Å². The van der Waals surface area contributed by atoms with Crippen molar-refractivity contribution in [3.8, 4) is 0 Å². The molecule has 1 rings (SSSR count). The number of esters is 1. The molecule has 2 N–H and O–H groups in total. The van der Waals surface area contributed by atoms with Crippen LogP contribution in [0.25, 0.3) is 0 Å². The molecule has 0 aliphatic heterocycles. The SMILES string of the molecule is COC(=O)[C@H](Cc1ccccc1)NC(=O)[C@H](CC(=O)[O-])NCCC(C)(C)C. The number of benzene rings is 1. The third kappa shape index (κ3) is 9.19. The van der Waals surface area contributed by atoms with Gasteiger partial charge in [0.15, 0.2) is 0 Å². The van der Waals surface area contributed by atoms with Gasteiger partial charge >= 0.3 is 5.97 Å². The zero-order chi connectivity index (χ0) is 20.4. The summed E-state index contributed by atoms with van der Waals surface area (Å²) in [4.78, 5) is 35.7. The predicted molar refractivity (Wildman–Crippen MR) is 99.6 cm³/mol. The van der Waals surface area contributed by atoms with Gasteiger partial charge in [0, 0.05) is 18.8 Å². The molecule has 27 heavy (non-hydrogen) atoms. The van der Waals surface area contributed by atoms with Crippen LogP contribution in [0.3, 0.4) is 0 Å². The molecule has 0 heterocycles. The number of carbonyl (C=O) groups is 3. The van der Waals surface area contributed by atoms with Gasteiger partial charge in [-0.15, -0.1) is 0 Å². The lowest BCUT2D eigenvalue weighted by Crippen LogP contribution is -2.53. The van der Waals surface area contributed by atoms with E-state index >= 15 is 0 Å². The van der Waals surface area contributed by atoms with Crippen molar-refractivity contribution in [3.63, 3.8) is 0 Å². The van der Waals surface area contributed by atoms with Crippen molar-refractivity contribution in [2.45, 2.75) is 52.1 Å². The van der Waals surface area contributed by atoms with Crippen LogP contribution in [0.15, 0.2) is 30.3 Å². The van der Waals surface area contributed by atoms with Crippen LogP contribution < -0.4 is 15.7 Å². The van der Waals surface area contributed by atoms with Gasteiger partial charge in [0.2, 0.25) is 5.91 Å². The number of rotatable bonds is 10. The fourth-order valence-corrected chi connectivity index (χ4v) is 2.50. The summed E-state index contributed by atoms with van der Waals surface area (Å²) < 4.78 is 4.77. The van der Waals surface area contributed by atoms with Crippen molar-refractivity contribution in [3.05, 3.63) is 35.9 Å². The van der Waals surface area contributed by atoms with E-state index in [4.69, 9.17) is 4.74 Å². The van der Waals surface area contributed by atoms with E-state index in [9.17, 15) is 19.5 Å². The topological polar surface area (TPSA) is 108 Å². The zero-order valence-corrected chi connectivity index (χ0v) is 16.4. The molecule has 0 fully saturated rings. The number of carboxylic acid groups (broad SMARTS) is 1. The van der Waals surface area contributed by atoms with Gasteiger partial charge in [-0.1, -0.05) is 51.1 Å². The maximum absolute atomic E-state index is 12.6. The average Bonchev–Trinajstić information content (AvgIpc) is 2.59. The van der Waals surface area contributed by atoms with Gasteiger partial charge in [0.05, 0.1) is 13.2 Å². The summed E-state index contributed by atoms with van der Waals surface area (Å²) in [7, 11) is 1.24. The minimum Gasteiger partial charge on any atom is -0.550 e. The second-order valence-electron chi connectivity index (χ2n) is 7.67. The first kappa shape index (κ1) is 22.6. The predicted octanol–water partition coefficient (Wildman–Crippen LogP) is 0.421. The average molecular weight is 377 g/mol. The minimum atomic E-state index is -1.34. The van der Waals surface area contributed by atoms with Gasteiger partial charge in [-0.25, -0.2) is 4.79 Å². The Labute approximate surface area is 160 Å². The van der Waals surface area contributed by atoms with E-state index in [1.54, 1.807) is 0 Å². The van der Waals surface area contributed by atoms with E-state index < -0.39 is 36.4 Å². The Morgan fingerprint density at radius 1 is 1.11 bits per heavy atom. The molecule has 0 aliphatic carbocycles. The maximum Gasteiger partial charge on any atom is 0.328 e. The number of ether oxygens (including phenoxy) is 1. The first-order valence-corrected chi connectivity index (χ1v) is 8.97. The smallest absolute Gasteiger partial charge is 0.328 e. The molecule has 0 aromatic heterocycles. The van der Waals surface area contributed by atoms with Gasteiger partial charge in [0.1, 0.15) is 6.04 Å². The van der Waals surface area contributed by atoms with E-state index in [1.807, 2.05) is 30.3 Å². The third-order valence-electron chi connectivity index (χ3n) is 4.04. The molecule has 0 bridgehead atoms. The monoisotopic (exact) mass is 377 g/mol. The van der Waals surface area contributed by atoms with E-state index in [0.29, 0.717) is 6.54 Å². The van der Waals surface area contributed by atoms with E-state index in [0.717, 1.165) is 12.0 Å². The zero-order valence-electron chi connectivity index (χ0n) is 16.4. The molecule has 150 valence electrons. The van der Waals surface area contributed by atoms with Crippen molar-refractivity contribution in [2.75, 3.05) is 13.7 Å². The lowest BCUT2D eigenvalue weighted by molar-refractivity contribution is -0.306. The van der Waals surface area contributed by atoms with Gasteiger partial charge in [-0.2, -0.15) is 0 Å². The van der Waals surface area contributed by atoms with E-state index in [2.05, 4.69) is 31.4 Å². The molecule has 0 aliphatic rings. The standard InChI is InChI=1S/C20H30N2O5/c1-20(2,3)10-11-21-15(13-17(23)24)18(25)22-16(19(26)27-4)12-14-8-6-5-7-9-14/h5-9,15-16,21H,10-13H2,1-4H3,(H,22,25)(H,23,24)/p-1/t15-,16-/m0/s1. The lowest BCUT2D eigenvalue weighted by Gasteiger charge is -2.24. The van der Waals surface area contributed by atoms with Crippen LogP contribution in [0, 0.1) is 5.41 Å². The Kier molecular flexibility index (Phi) is 8.94. The number of carbonyl (C=O) groups excluding carboxylic acids is 3. The largest absolute Gasteiger partial charge is 0.550 e. The molecule has 0 spiro atoms. The minimum absolute atomic E-state index is 0.0390. The van der Waals surface area contributed by atoms with Crippen molar-refractivity contribution in [2.24, 2.45) is 5.41 Å². The number of hydrogen-bond donors (Lipinski definition) is 2. The second-order valence-corrected chi connectivity index (χ2v) is 7.67. The highest BCUT2D eigenvalue weighted by atomic mass is 16.5. The van der Waals surface area contributed by atoms with Crippen molar-refractivity contribution < 1.29 is 24.2 Å². The van der Waals surface area contributed by atoms with Crippen LogP contribution in [-0.4, -0.2) is 43.6 Å². The molecule has 1 amide bonds.